The quantitative estimate of drug-likeness (QED) is 0.213. The van der Waals surface area contributed by atoms with Crippen molar-refractivity contribution in [2.45, 2.75) is 71.1 Å². The number of rotatable bonds is 8. The summed E-state index contributed by atoms with van der Waals surface area (Å²) >= 11 is 0. The first-order valence-electron chi connectivity index (χ1n) is 12.1. The van der Waals surface area contributed by atoms with Gasteiger partial charge in [-0.1, -0.05) is 53.5 Å². The second-order valence-electron chi connectivity index (χ2n) is 9.79. The van der Waals surface area contributed by atoms with E-state index in [1.165, 1.54) is 6.33 Å². The van der Waals surface area contributed by atoms with Crippen LogP contribution in [0.2, 0.25) is 16.6 Å². The smallest absolute Gasteiger partial charge is 0.268 e. The highest BCUT2D eigenvalue weighted by Crippen LogP contribution is 2.42. The Hall–Kier alpha value is -3.33. The van der Waals surface area contributed by atoms with E-state index in [-0.39, 0.29) is 17.5 Å². The lowest BCUT2D eigenvalue weighted by molar-refractivity contribution is 0.322. The molecule has 0 bridgehead atoms. The summed E-state index contributed by atoms with van der Waals surface area (Å²) in [5.74, 6) is 7.27. The number of anilines is 2. The molecule has 1 unspecified atom stereocenters. The molecule has 1 atom stereocenters. The molecule has 0 aliphatic heterocycles. The van der Waals surface area contributed by atoms with Gasteiger partial charge < -0.3 is 19.9 Å². The van der Waals surface area contributed by atoms with E-state index in [0.717, 1.165) is 16.8 Å². The zero-order valence-corrected chi connectivity index (χ0v) is 22.8. The Morgan fingerprint density at radius 2 is 1.80 bits per heavy atom. The average molecular weight is 489 g/mol. The summed E-state index contributed by atoms with van der Waals surface area (Å²) in [5.41, 5.74) is 10.6. The third kappa shape index (κ3) is 5.19. The van der Waals surface area contributed by atoms with Gasteiger partial charge in [0.25, 0.3) is 5.69 Å². The molecule has 0 fully saturated rings. The summed E-state index contributed by atoms with van der Waals surface area (Å²) < 4.78 is 8.73. The van der Waals surface area contributed by atoms with E-state index in [9.17, 15) is 0 Å². The number of nitrogens with one attached hydrogen (secondary N) is 1. The van der Waals surface area contributed by atoms with Crippen molar-refractivity contribution in [1.29, 1.82) is 0 Å². The van der Waals surface area contributed by atoms with Gasteiger partial charge in [0.1, 0.15) is 23.7 Å². The van der Waals surface area contributed by atoms with Crippen LogP contribution in [0.15, 0.2) is 36.8 Å². The summed E-state index contributed by atoms with van der Waals surface area (Å²) in [6.07, 6.45) is 3.38. The molecule has 8 heteroatoms. The van der Waals surface area contributed by atoms with Crippen molar-refractivity contribution in [3.63, 3.8) is 0 Å². The van der Waals surface area contributed by atoms with E-state index < -0.39 is 8.32 Å². The number of pyridine rings is 1. The van der Waals surface area contributed by atoms with Crippen molar-refractivity contribution in [2.24, 2.45) is 0 Å². The van der Waals surface area contributed by atoms with E-state index in [1.54, 1.807) is 0 Å². The maximum Gasteiger partial charge on any atom is 0.268 e. The van der Waals surface area contributed by atoms with Gasteiger partial charge in [0, 0.05) is 17.3 Å². The van der Waals surface area contributed by atoms with Crippen LogP contribution in [0.25, 0.3) is 10.4 Å². The zero-order chi connectivity index (χ0) is 25.8. The highest BCUT2D eigenvalue weighted by atomic mass is 28.4. The summed E-state index contributed by atoms with van der Waals surface area (Å²) in [7, 11) is -1.98. The second-order valence-corrected chi connectivity index (χ2v) is 15.2. The first kappa shape index (κ1) is 26.3. The predicted octanol–water partition coefficient (Wildman–Crippen LogP) is 6.58. The van der Waals surface area contributed by atoms with Crippen LogP contribution in [0, 0.1) is 18.4 Å². The van der Waals surface area contributed by atoms with Crippen LogP contribution in [0.1, 0.15) is 65.8 Å². The Labute approximate surface area is 210 Å². The summed E-state index contributed by atoms with van der Waals surface area (Å²) in [6.45, 7) is 23.6. The van der Waals surface area contributed by atoms with Gasteiger partial charge in [-0.2, -0.15) is 0 Å². The van der Waals surface area contributed by atoms with Crippen molar-refractivity contribution in [3.05, 3.63) is 59.5 Å². The van der Waals surface area contributed by atoms with Crippen molar-refractivity contribution < 1.29 is 4.43 Å². The molecule has 3 aromatic rings. The van der Waals surface area contributed by atoms with Gasteiger partial charge in [0.2, 0.25) is 8.32 Å². The normalized spacial score (nSPS) is 12.6. The van der Waals surface area contributed by atoms with Crippen molar-refractivity contribution in [3.8, 4) is 11.8 Å². The van der Waals surface area contributed by atoms with Crippen molar-refractivity contribution >= 4 is 31.2 Å². The molecule has 3 rings (SSSR count). The Morgan fingerprint density at radius 3 is 2.43 bits per heavy atom. The second kappa shape index (κ2) is 10.9. The van der Waals surface area contributed by atoms with E-state index in [2.05, 4.69) is 90.0 Å². The molecule has 3 N–H and O–H groups in total. The van der Waals surface area contributed by atoms with Gasteiger partial charge in [0.05, 0.1) is 19.2 Å². The molecule has 7 nitrogen and oxygen atoms in total. The molecule has 0 saturated carbocycles. The first-order chi connectivity index (χ1) is 16.6. The molecular formula is C27H36N6OSi. The minimum Gasteiger partial charge on any atom is -0.405 e. The Kier molecular flexibility index (Phi) is 8.21. The van der Waals surface area contributed by atoms with Gasteiger partial charge >= 0.3 is 0 Å². The molecule has 3 aromatic heterocycles. The number of nitrogens with zero attached hydrogens (tertiary/aromatic N) is 4. The van der Waals surface area contributed by atoms with Crippen LogP contribution in [-0.2, 0) is 4.43 Å². The lowest BCUT2D eigenvalue weighted by Gasteiger charge is -2.41. The molecule has 0 aromatic carbocycles. The molecule has 0 aliphatic carbocycles. The van der Waals surface area contributed by atoms with Crippen molar-refractivity contribution in [1.82, 2.24) is 14.4 Å². The van der Waals surface area contributed by atoms with E-state index in [1.807, 2.05) is 25.3 Å². The predicted molar refractivity (Wildman–Crippen MR) is 146 cm³/mol. The average Bonchev–Trinajstić information content (AvgIpc) is 3.17. The fourth-order valence-electron chi connectivity index (χ4n) is 5.28. The molecule has 0 aliphatic rings. The van der Waals surface area contributed by atoms with Crippen LogP contribution in [0.4, 0.5) is 17.3 Å². The summed E-state index contributed by atoms with van der Waals surface area (Å²) in [4.78, 5) is 11.7. The Bertz CT molecular complexity index is 1260. The molecule has 0 amide bonds. The molecular weight excluding hydrogens is 452 g/mol. The lowest BCUT2D eigenvalue weighted by Crippen LogP contribution is -2.47. The lowest BCUT2D eigenvalue weighted by atomic mass is 10.1. The number of hydrogen-bond acceptors (Lipinski definition) is 5. The maximum atomic E-state index is 7.45. The topological polar surface area (TPSA) is 81.8 Å². The standard InChI is InChI=1S/C27H36N6OSi/c1-18(2)35(19(3)4,20(5)6)34-15-11-13-24-23(16-22-12-9-10-14-33(22)24)21(7)32-27-25(29-8)26(28)30-17-31-27/h9-10,12,14,16-21H,15H2,1-7H3,(H3,28,30,31,32). The van der Waals surface area contributed by atoms with Crippen LogP contribution in [0.3, 0.4) is 0 Å². The molecule has 0 spiro atoms. The molecule has 0 radical (unpaired) electrons. The maximum absolute atomic E-state index is 7.45. The number of nitrogens with two attached hydrogens (primary N) is 1. The highest BCUT2D eigenvalue weighted by molar-refractivity contribution is 6.77. The molecule has 184 valence electrons. The van der Waals surface area contributed by atoms with Gasteiger partial charge in [-0.25, -0.2) is 14.8 Å². The summed E-state index contributed by atoms with van der Waals surface area (Å²) in [6, 6.07) is 8.00. The Balaban J connectivity index is 1.94. The fourth-order valence-corrected chi connectivity index (χ4v) is 10.6. The minimum absolute atomic E-state index is 0.162. The highest BCUT2D eigenvalue weighted by Gasteiger charge is 2.44. The summed E-state index contributed by atoms with van der Waals surface area (Å²) in [5, 5.41) is 3.33. The van der Waals surface area contributed by atoms with Gasteiger partial charge in [-0.3, -0.25) is 0 Å². The number of fused-ring (bicyclic) bond motifs is 1. The molecule has 3 heterocycles. The fraction of sp³-hybridized carbons (Fsp3) is 0.444. The zero-order valence-electron chi connectivity index (χ0n) is 21.8. The van der Waals surface area contributed by atoms with Crippen molar-refractivity contribution in [2.75, 3.05) is 17.7 Å². The number of hydrogen-bond donors (Lipinski definition) is 2. The molecule has 35 heavy (non-hydrogen) atoms. The Morgan fingerprint density at radius 1 is 1.11 bits per heavy atom. The first-order valence-corrected chi connectivity index (χ1v) is 14.2. The SMILES string of the molecule is [C-]#[N+]c1c(N)ncnc1NC(C)c1cc2ccccn2c1C#CCO[Si](C(C)C)(C(C)C)C(C)C. The van der Waals surface area contributed by atoms with E-state index in [0.29, 0.717) is 29.0 Å². The van der Waals surface area contributed by atoms with Gasteiger partial charge in [-0.15, -0.1) is 0 Å². The third-order valence-electron chi connectivity index (χ3n) is 6.80. The largest absolute Gasteiger partial charge is 0.405 e. The third-order valence-corrected chi connectivity index (χ3v) is 12.9. The number of aromatic nitrogens is 3. The van der Waals surface area contributed by atoms with Crippen LogP contribution in [0.5, 0.6) is 0 Å². The monoisotopic (exact) mass is 488 g/mol. The van der Waals surface area contributed by atoms with Gasteiger partial charge in [0.15, 0.2) is 0 Å². The van der Waals surface area contributed by atoms with Crippen LogP contribution in [-0.4, -0.2) is 29.3 Å². The van der Waals surface area contributed by atoms with Gasteiger partial charge in [-0.05, 0) is 47.7 Å². The van der Waals surface area contributed by atoms with Crippen LogP contribution >= 0.6 is 0 Å². The molecule has 0 saturated heterocycles. The van der Waals surface area contributed by atoms with E-state index >= 15 is 0 Å². The number of nitrogen functional groups attached to an aromatic ring is 1. The van der Waals surface area contributed by atoms with E-state index in [4.69, 9.17) is 16.7 Å². The van der Waals surface area contributed by atoms with Crippen LogP contribution < -0.4 is 11.1 Å². The minimum atomic E-state index is -1.98.